The lowest BCUT2D eigenvalue weighted by Gasteiger charge is -2.24. The maximum absolute atomic E-state index is 12.5. The minimum absolute atomic E-state index is 0.111. The van der Waals surface area contributed by atoms with Crippen LogP contribution in [-0.2, 0) is 0 Å². The van der Waals surface area contributed by atoms with Crippen molar-refractivity contribution in [2.24, 2.45) is 11.8 Å². The third kappa shape index (κ3) is 1.91. The Balaban J connectivity index is 1.81. The second-order valence-corrected chi connectivity index (χ2v) is 5.73. The third-order valence-electron chi connectivity index (χ3n) is 4.27. The number of carbonyl (C=O) groups is 1. The SMILES string of the molecule is CC1C2CNCC2CN1C(=O)c1cccc(Cl)c1. The van der Waals surface area contributed by atoms with Crippen molar-refractivity contribution in [1.29, 1.82) is 0 Å². The van der Waals surface area contributed by atoms with Crippen LogP contribution in [0.15, 0.2) is 24.3 Å². The van der Waals surface area contributed by atoms with E-state index in [1.165, 1.54) is 0 Å². The molecular formula is C14H17ClN2O. The molecule has 1 aromatic carbocycles. The number of nitrogens with one attached hydrogen (secondary N) is 1. The first-order valence-corrected chi connectivity index (χ1v) is 6.82. The number of nitrogens with zero attached hydrogens (tertiary/aromatic N) is 1. The van der Waals surface area contributed by atoms with E-state index in [1.807, 2.05) is 17.0 Å². The van der Waals surface area contributed by atoms with Gasteiger partial charge in [0.1, 0.15) is 0 Å². The van der Waals surface area contributed by atoms with E-state index in [0.717, 1.165) is 19.6 Å². The van der Waals surface area contributed by atoms with Crippen LogP contribution in [0.4, 0.5) is 0 Å². The molecule has 0 spiro atoms. The van der Waals surface area contributed by atoms with E-state index >= 15 is 0 Å². The number of hydrogen-bond acceptors (Lipinski definition) is 2. The summed E-state index contributed by atoms with van der Waals surface area (Å²) in [5.74, 6) is 1.33. The molecule has 2 aliphatic heterocycles. The molecule has 96 valence electrons. The summed E-state index contributed by atoms with van der Waals surface area (Å²) in [4.78, 5) is 14.5. The van der Waals surface area contributed by atoms with Gasteiger partial charge in [-0.3, -0.25) is 4.79 Å². The third-order valence-corrected chi connectivity index (χ3v) is 4.50. The smallest absolute Gasteiger partial charge is 0.254 e. The zero-order chi connectivity index (χ0) is 12.7. The first-order chi connectivity index (χ1) is 8.66. The number of fused-ring (bicyclic) bond motifs is 1. The Morgan fingerprint density at radius 3 is 3.00 bits per heavy atom. The molecule has 3 nitrogen and oxygen atoms in total. The summed E-state index contributed by atoms with van der Waals surface area (Å²) in [5.41, 5.74) is 0.697. The molecule has 0 aromatic heterocycles. The van der Waals surface area contributed by atoms with Crippen LogP contribution in [0.1, 0.15) is 17.3 Å². The van der Waals surface area contributed by atoms with Gasteiger partial charge in [-0.25, -0.2) is 0 Å². The predicted molar refractivity (Wildman–Crippen MR) is 71.8 cm³/mol. The van der Waals surface area contributed by atoms with E-state index in [1.54, 1.807) is 12.1 Å². The van der Waals surface area contributed by atoms with Gasteiger partial charge in [0.2, 0.25) is 0 Å². The number of likely N-dealkylation sites (tertiary alicyclic amines) is 1. The molecule has 4 heteroatoms. The summed E-state index contributed by atoms with van der Waals surface area (Å²) < 4.78 is 0. The topological polar surface area (TPSA) is 32.3 Å². The van der Waals surface area contributed by atoms with Crippen molar-refractivity contribution in [3.8, 4) is 0 Å². The average Bonchev–Trinajstić information content (AvgIpc) is 2.92. The highest BCUT2D eigenvalue weighted by molar-refractivity contribution is 6.30. The minimum Gasteiger partial charge on any atom is -0.335 e. The highest BCUT2D eigenvalue weighted by atomic mass is 35.5. The number of benzene rings is 1. The van der Waals surface area contributed by atoms with Gasteiger partial charge in [-0.05, 0) is 37.0 Å². The van der Waals surface area contributed by atoms with Gasteiger partial charge in [-0.2, -0.15) is 0 Å². The summed E-state index contributed by atoms with van der Waals surface area (Å²) in [6, 6.07) is 7.54. The second kappa shape index (κ2) is 4.56. The van der Waals surface area contributed by atoms with Crippen molar-refractivity contribution in [2.45, 2.75) is 13.0 Å². The Morgan fingerprint density at radius 2 is 2.28 bits per heavy atom. The largest absolute Gasteiger partial charge is 0.335 e. The summed E-state index contributed by atoms with van der Waals surface area (Å²) in [6.45, 7) is 5.09. The molecule has 1 N–H and O–H groups in total. The van der Waals surface area contributed by atoms with Crippen molar-refractivity contribution in [1.82, 2.24) is 10.2 Å². The molecule has 3 rings (SSSR count). The second-order valence-electron chi connectivity index (χ2n) is 5.29. The highest BCUT2D eigenvalue weighted by Gasteiger charge is 2.43. The molecule has 18 heavy (non-hydrogen) atoms. The van der Waals surface area contributed by atoms with Gasteiger partial charge in [-0.1, -0.05) is 17.7 Å². The number of rotatable bonds is 1. The lowest BCUT2D eigenvalue weighted by atomic mass is 9.95. The number of carbonyl (C=O) groups excluding carboxylic acids is 1. The van der Waals surface area contributed by atoms with Crippen LogP contribution in [0.25, 0.3) is 0 Å². The van der Waals surface area contributed by atoms with Gasteiger partial charge in [0.15, 0.2) is 0 Å². The Hall–Kier alpha value is -1.06. The summed E-state index contributed by atoms with van der Waals surface area (Å²) in [5, 5.41) is 4.02. The van der Waals surface area contributed by atoms with Gasteiger partial charge < -0.3 is 10.2 Å². The van der Waals surface area contributed by atoms with E-state index in [4.69, 9.17) is 11.6 Å². The molecule has 3 unspecified atom stereocenters. The quantitative estimate of drug-likeness (QED) is 0.842. The monoisotopic (exact) mass is 264 g/mol. The molecule has 0 radical (unpaired) electrons. The van der Waals surface area contributed by atoms with E-state index in [-0.39, 0.29) is 5.91 Å². The van der Waals surface area contributed by atoms with Crippen LogP contribution in [-0.4, -0.2) is 36.5 Å². The van der Waals surface area contributed by atoms with Crippen molar-refractivity contribution in [3.63, 3.8) is 0 Å². The van der Waals surface area contributed by atoms with Crippen LogP contribution in [0.5, 0.6) is 0 Å². The summed E-state index contributed by atoms with van der Waals surface area (Å²) >= 11 is 5.95. The average molecular weight is 265 g/mol. The predicted octanol–water partition coefficient (Wildman–Crippen LogP) is 2.02. The van der Waals surface area contributed by atoms with Crippen molar-refractivity contribution in [3.05, 3.63) is 34.9 Å². The fourth-order valence-corrected chi connectivity index (χ4v) is 3.41. The fraction of sp³-hybridized carbons (Fsp3) is 0.500. The van der Waals surface area contributed by atoms with E-state index < -0.39 is 0 Å². The standard InChI is InChI=1S/C14H17ClN2O/c1-9-13-7-16-6-11(13)8-17(9)14(18)10-3-2-4-12(15)5-10/h2-5,9,11,13,16H,6-8H2,1H3. The Kier molecular flexibility index (Phi) is 3.04. The zero-order valence-electron chi connectivity index (χ0n) is 10.4. The summed E-state index contributed by atoms with van der Waals surface area (Å²) in [6.07, 6.45) is 0. The van der Waals surface area contributed by atoms with Crippen LogP contribution in [0.2, 0.25) is 5.02 Å². The van der Waals surface area contributed by atoms with Crippen LogP contribution >= 0.6 is 11.6 Å². The molecule has 2 aliphatic rings. The fourth-order valence-electron chi connectivity index (χ4n) is 3.22. The molecule has 3 atom stereocenters. The van der Waals surface area contributed by atoms with E-state index in [9.17, 15) is 4.79 Å². The molecule has 2 fully saturated rings. The van der Waals surface area contributed by atoms with Gasteiger partial charge in [-0.15, -0.1) is 0 Å². The number of halogens is 1. The molecular weight excluding hydrogens is 248 g/mol. The Bertz CT molecular complexity index is 477. The summed E-state index contributed by atoms with van der Waals surface area (Å²) in [7, 11) is 0. The Labute approximate surface area is 112 Å². The van der Waals surface area contributed by atoms with Crippen molar-refractivity contribution >= 4 is 17.5 Å². The molecule has 0 bridgehead atoms. The van der Waals surface area contributed by atoms with Crippen molar-refractivity contribution < 1.29 is 4.79 Å². The highest BCUT2D eigenvalue weighted by Crippen LogP contribution is 2.33. The van der Waals surface area contributed by atoms with Crippen LogP contribution in [0.3, 0.4) is 0 Å². The lowest BCUT2D eigenvalue weighted by Crippen LogP contribution is -2.38. The first-order valence-electron chi connectivity index (χ1n) is 6.44. The lowest BCUT2D eigenvalue weighted by molar-refractivity contribution is 0.0728. The number of amides is 1. The van der Waals surface area contributed by atoms with Gasteiger partial charge >= 0.3 is 0 Å². The van der Waals surface area contributed by atoms with Crippen LogP contribution in [0, 0.1) is 11.8 Å². The van der Waals surface area contributed by atoms with Gasteiger partial charge in [0.05, 0.1) is 0 Å². The first kappa shape index (κ1) is 12.0. The maximum atomic E-state index is 12.5. The molecule has 2 heterocycles. The molecule has 1 aromatic rings. The molecule has 0 aliphatic carbocycles. The normalized spacial score (nSPS) is 30.6. The molecule has 2 saturated heterocycles. The van der Waals surface area contributed by atoms with E-state index in [2.05, 4.69) is 12.2 Å². The zero-order valence-corrected chi connectivity index (χ0v) is 11.2. The van der Waals surface area contributed by atoms with Crippen molar-refractivity contribution in [2.75, 3.05) is 19.6 Å². The minimum atomic E-state index is 0.111. The maximum Gasteiger partial charge on any atom is 0.254 e. The van der Waals surface area contributed by atoms with E-state index in [0.29, 0.717) is 28.5 Å². The Morgan fingerprint density at radius 1 is 1.44 bits per heavy atom. The van der Waals surface area contributed by atoms with Gasteiger partial charge in [0, 0.05) is 36.3 Å². The van der Waals surface area contributed by atoms with Gasteiger partial charge in [0.25, 0.3) is 5.91 Å². The van der Waals surface area contributed by atoms with Crippen LogP contribution < -0.4 is 5.32 Å². The molecule has 0 saturated carbocycles. The molecule has 1 amide bonds. The number of hydrogen-bond donors (Lipinski definition) is 1.